The van der Waals surface area contributed by atoms with Crippen LogP contribution in [0, 0.1) is 0 Å². The summed E-state index contributed by atoms with van der Waals surface area (Å²) in [5.41, 5.74) is 19.2. The number of furan rings is 1. The number of nitrogens with zero attached hydrogens (tertiary/aromatic N) is 1. The molecule has 0 atom stereocenters. The van der Waals surface area contributed by atoms with E-state index in [1.165, 1.54) is 55.6 Å². The lowest BCUT2D eigenvalue weighted by Gasteiger charge is -2.28. The Bertz CT molecular complexity index is 2940. The Hall–Kier alpha value is -6.64. The second kappa shape index (κ2) is 13.2. The third-order valence-electron chi connectivity index (χ3n) is 12.1. The van der Waals surface area contributed by atoms with Gasteiger partial charge in [0.05, 0.1) is 5.69 Å². The summed E-state index contributed by atoms with van der Waals surface area (Å²) in [5, 5.41) is 2.28. The van der Waals surface area contributed by atoms with E-state index in [0.29, 0.717) is 0 Å². The zero-order valence-corrected chi connectivity index (χ0v) is 33.2. The second-order valence-electron chi connectivity index (χ2n) is 17.0. The van der Waals surface area contributed by atoms with Gasteiger partial charge in [0.15, 0.2) is 0 Å². The summed E-state index contributed by atoms with van der Waals surface area (Å²) >= 11 is 0. The quantitative estimate of drug-likeness (QED) is 0.169. The summed E-state index contributed by atoms with van der Waals surface area (Å²) in [4.78, 5) is 2.38. The van der Waals surface area contributed by atoms with E-state index in [9.17, 15) is 0 Å². The monoisotopic (exact) mass is 735 g/mol. The van der Waals surface area contributed by atoms with Crippen LogP contribution in [-0.2, 0) is 10.8 Å². The minimum Gasteiger partial charge on any atom is -0.456 e. The predicted molar refractivity (Wildman–Crippen MR) is 241 cm³/mol. The smallest absolute Gasteiger partial charge is 0.135 e. The minimum absolute atomic E-state index is 0.114. The first-order valence-corrected chi connectivity index (χ1v) is 20.0. The molecule has 9 aromatic rings. The van der Waals surface area contributed by atoms with Gasteiger partial charge in [-0.15, -0.1) is 0 Å². The second-order valence-corrected chi connectivity index (χ2v) is 17.0. The van der Waals surface area contributed by atoms with Crippen LogP contribution in [0.15, 0.2) is 186 Å². The van der Waals surface area contributed by atoms with Crippen molar-refractivity contribution in [3.8, 4) is 44.5 Å². The highest BCUT2D eigenvalue weighted by Gasteiger charge is 2.36. The molecule has 0 amide bonds. The first-order chi connectivity index (χ1) is 27.6. The molecule has 57 heavy (non-hydrogen) atoms. The fourth-order valence-corrected chi connectivity index (χ4v) is 8.89. The Labute approximate surface area is 335 Å². The molecule has 1 heterocycles. The minimum atomic E-state index is -0.114. The molecule has 1 aliphatic rings. The summed E-state index contributed by atoms with van der Waals surface area (Å²) in [5.74, 6) is 0. The van der Waals surface area contributed by atoms with Crippen molar-refractivity contribution in [2.45, 2.75) is 45.4 Å². The summed E-state index contributed by atoms with van der Waals surface area (Å²) in [6.07, 6.45) is 0. The van der Waals surface area contributed by atoms with Gasteiger partial charge in [-0.05, 0) is 122 Å². The summed E-state index contributed by atoms with van der Waals surface area (Å²) in [7, 11) is 0. The van der Waals surface area contributed by atoms with E-state index in [4.69, 9.17) is 4.42 Å². The number of benzene rings is 8. The lowest BCUT2D eigenvalue weighted by atomic mass is 9.81. The number of hydrogen-bond donors (Lipinski definition) is 0. The molecule has 2 heteroatoms. The zero-order valence-electron chi connectivity index (χ0n) is 33.2. The summed E-state index contributed by atoms with van der Waals surface area (Å²) in [6.45, 7) is 11.5. The van der Waals surface area contributed by atoms with Gasteiger partial charge in [0.25, 0.3) is 0 Å². The maximum atomic E-state index is 6.12. The molecule has 0 aliphatic heterocycles. The average molecular weight is 736 g/mol. The maximum absolute atomic E-state index is 6.12. The molecule has 1 aliphatic carbocycles. The first kappa shape index (κ1) is 34.8. The average Bonchev–Trinajstić information content (AvgIpc) is 3.72. The Morgan fingerprint density at radius 3 is 1.79 bits per heavy atom. The van der Waals surface area contributed by atoms with Gasteiger partial charge in [-0.25, -0.2) is 0 Å². The van der Waals surface area contributed by atoms with Gasteiger partial charge in [-0.1, -0.05) is 156 Å². The number of para-hydroxylation sites is 3. The number of hydrogen-bond acceptors (Lipinski definition) is 2. The topological polar surface area (TPSA) is 16.4 Å². The summed E-state index contributed by atoms with van der Waals surface area (Å²) in [6, 6.07) is 66.5. The van der Waals surface area contributed by atoms with Gasteiger partial charge >= 0.3 is 0 Å². The molecule has 276 valence electrons. The molecular weight excluding hydrogens is 691 g/mol. The van der Waals surface area contributed by atoms with Gasteiger partial charge in [0.1, 0.15) is 11.2 Å². The molecule has 0 radical (unpaired) electrons. The molecular formula is C55H45NO. The van der Waals surface area contributed by atoms with Crippen molar-refractivity contribution in [2.75, 3.05) is 4.90 Å². The molecule has 8 aromatic carbocycles. The van der Waals surface area contributed by atoms with Crippen LogP contribution in [0.3, 0.4) is 0 Å². The van der Waals surface area contributed by atoms with Gasteiger partial charge in [-0.3, -0.25) is 0 Å². The number of fused-ring (bicyclic) bond motifs is 6. The molecule has 0 saturated heterocycles. The van der Waals surface area contributed by atoms with Crippen molar-refractivity contribution in [2.24, 2.45) is 0 Å². The normalized spacial score (nSPS) is 13.1. The molecule has 0 saturated carbocycles. The van der Waals surface area contributed by atoms with E-state index in [0.717, 1.165) is 44.6 Å². The van der Waals surface area contributed by atoms with Crippen LogP contribution in [0.1, 0.15) is 51.3 Å². The fourth-order valence-electron chi connectivity index (χ4n) is 8.89. The van der Waals surface area contributed by atoms with Crippen molar-refractivity contribution in [1.29, 1.82) is 0 Å². The van der Waals surface area contributed by atoms with E-state index in [1.807, 2.05) is 12.1 Å². The third kappa shape index (κ3) is 5.95. The third-order valence-corrected chi connectivity index (χ3v) is 12.1. The van der Waals surface area contributed by atoms with E-state index in [2.05, 4.69) is 209 Å². The van der Waals surface area contributed by atoms with Crippen LogP contribution < -0.4 is 4.90 Å². The van der Waals surface area contributed by atoms with Gasteiger partial charge in [0.2, 0.25) is 0 Å². The zero-order chi connectivity index (χ0) is 38.9. The molecule has 0 N–H and O–H groups in total. The highest BCUT2D eigenvalue weighted by molar-refractivity contribution is 6.06. The standard InChI is InChI=1S/C55H45NO/c1-54(2,3)41-26-19-36(20-27-41)39-23-30-45-47-34-40(24-31-49(47)55(4,5)50(45)35-39)44-15-9-11-17-51(44)56(42-13-7-6-8-14-42)43-28-21-37(22-29-43)38-25-32-53-48(33-38)46-16-10-12-18-52(46)57-53/h6-35H,1-5H3. The van der Waals surface area contributed by atoms with Crippen LogP contribution in [0.2, 0.25) is 0 Å². The van der Waals surface area contributed by atoms with E-state index >= 15 is 0 Å². The lowest BCUT2D eigenvalue weighted by molar-refractivity contribution is 0.590. The Morgan fingerprint density at radius 2 is 1.02 bits per heavy atom. The van der Waals surface area contributed by atoms with E-state index < -0.39 is 0 Å². The maximum Gasteiger partial charge on any atom is 0.135 e. The molecule has 0 unspecified atom stereocenters. The molecule has 10 rings (SSSR count). The molecule has 0 bridgehead atoms. The highest BCUT2D eigenvalue weighted by Crippen LogP contribution is 2.52. The van der Waals surface area contributed by atoms with E-state index in [-0.39, 0.29) is 10.8 Å². The predicted octanol–water partition coefficient (Wildman–Crippen LogP) is 15.7. The van der Waals surface area contributed by atoms with Gasteiger partial charge < -0.3 is 9.32 Å². The number of rotatable bonds is 6. The largest absolute Gasteiger partial charge is 0.456 e. The molecule has 2 nitrogen and oxygen atoms in total. The Morgan fingerprint density at radius 1 is 0.421 bits per heavy atom. The van der Waals surface area contributed by atoms with Crippen molar-refractivity contribution in [3.63, 3.8) is 0 Å². The van der Waals surface area contributed by atoms with Crippen molar-refractivity contribution >= 4 is 39.0 Å². The van der Waals surface area contributed by atoms with Crippen molar-refractivity contribution < 1.29 is 4.42 Å². The SMILES string of the molecule is CC(C)(C)c1ccc(-c2ccc3c(c2)C(C)(C)c2ccc(-c4ccccc4N(c4ccccc4)c4ccc(-c5ccc6oc7ccccc7c6c5)cc4)cc2-3)cc1. The van der Waals surface area contributed by atoms with E-state index in [1.54, 1.807) is 0 Å². The van der Waals surface area contributed by atoms with Crippen LogP contribution in [0.5, 0.6) is 0 Å². The van der Waals surface area contributed by atoms with Crippen molar-refractivity contribution in [3.05, 3.63) is 199 Å². The molecule has 1 aromatic heterocycles. The fraction of sp³-hybridized carbons (Fsp3) is 0.127. The van der Waals surface area contributed by atoms with Crippen LogP contribution in [0.25, 0.3) is 66.4 Å². The van der Waals surface area contributed by atoms with Gasteiger partial charge in [0, 0.05) is 33.1 Å². The van der Waals surface area contributed by atoms with Crippen LogP contribution >= 0.6 is 0 Å². The summed E-state index contributed by atoms with van der Waals surface area (Å²) < 4.78 is 6.12. The highest BCUT2D eigenvalue weighted by atomic mass is 16.3. The molecule has 0 fully saturated rings. The Kier molecular flexibility index (Phi) is 8.09. The van der Waals surface area contributed by atoms with Gasteiger partial charge in [-0.2, -0.15) is 0 Å². The van der Waals surface area contributed by atoms with Crippen molar-refractivity contribution in [1.82, 2.24) is 0 Å². The molecule has 0 spiro atoms. The lowest BCUT2D eigenvalue weighted by Crippen LogP contribution is -2.15. The van der Waals surface area contributed by atoms with Crippen LogP contribution in [0.4, 0.5) is 17.1 Å². The van der Waals surface area contributed by atoms with Crippen LogP contribution in [-0.4, -0.2) is 0 Å². The first-order valence-electron chi connectivity index (χ1n) is 20.0. The Balaban J connectivity index is 1.03. The number of anilines is 3.